The largest absolute Gasteiger partial charge is 0.452 e. The van der Waals surface area contributed by atoms with Crippen molar-refractivity contribution in [2.75, 3.05) is 4.72 Å². The fourth-order valence-corrected chi connectivity index (χ4v) is 3.60. The summed E-state index contributed by atoms with van der Waals surface area (Å²) in [6, 6.07) is 5.40. The average Bonchev–Trinajstić information content (AvgIpc) is 2.76. The van der Waals surface area contributed by atoms with Crippen LogP contribution < -0.4 is 10.5 Å². The lowest BCUT2D eigenvalue weighted by molar-refractivity contribution is 0.484. The molecule has 0 amide bonds. The third-order valence-electron chi connectivity index (χ3n) is 2.62. The topological polar surface area (TPSA) is 85.3 Å². The molecule has 0 fully saturated rings. The Hall–Kier alpha value is -1.38. The molecule has 0 aliphatic carbocycles. The van der Waals surface area contributed by atoms with Crippen LogP contribution in [-0.2, 0) is 16.6 Å². The number of furan rings is 1. The van der Waals surface area contributed by atoms with Gasteiger partial charge in [0.15, 0.2) is 4.67 Å². The zero-order chi connectivity index (χ0) is 14.9. The molecule has 0 radical (unpaired) electrons. The van der Waals surface area contributed by atoms with Gasteiger partial charge in [-0.3, -0.25) is 4.72 Å². The molecule has 5 nitrogen and oxygen atoms in total. The van der Waals surface area contributed by atoms with Crippen LogP contribution in [0.1, 0.15) is 11.3 Å². The van der Waals surface area contributed by atoms with E-state index < -0.39 is 15.8 Å². The van der Waals surface area contributed by atoms with Crippen LogP contribution in [0.25, 0.3) is 0 Å². The molecule has 2 aromatic rings. The molecule has 0 aliphatic heterocycles. The molecular formula is C12H12BrFN2O3S. The zero-order valence-corrected chi connectivity index (χ0v) is 12.9. The highest BCUT2D eigenvalue weighted by atomic mass is 79.9. The van der Waals surface area contributed by atoms with Gasteiger partial charge in [0.2, 0.25) is 0 Å². The number of nitrogens with one attached hydrogen (secondary N) is 1. The van der Waals surface area contributed by atoms with E-state index in [2.05, 4.69) is 20.7 Å². The molecule has 108 valence electrons. The van der Waals surface area contributed by atoms with Crippen molar-refractivity contribution in [1.82, 2.24) is 0 Å². The average molecular weight is 363 g/mol. The number of hydrogen-bond acceptors (Lipinski definition) is 4. The van der Waals surface area contributed by atoms with E-state index in [-0.39, 0.29) is 21.8 Å². The predicted molar refractivity (Wildman–Crippen MR) is 76.2 cm³/mol. The lowest BCUT2D eigenvalue weighted by Gasteiger charge is -2.07. The summed E-state index contributed by atoms with van der Waals surface area (Å²) in [6.07, 6.45) is 0. The van der Waals surface area contributed by atoms with Crippen LogP contribution in [0, 0.1) is 12.7 Å². The molecule has 1 aromatic heterocycles. The Morgan fingerprint density at radius 2 is 2.10 bits per heavy atom. The Morgan fingerprint density at radius 1 is 1.40 bits per heavy atom. The third kappa shape index (κ3) is 3.02. The van der Waals surface area contributed by atoms with Crippen molar-refractivity contribution in [2.24, 2.45) is 5.73 Å². The first-order valence-corrected chi connectivity index (χ1v) is 7.88. The van der Waals surface area contributed by atoms with Crippen molar-refractivity contribution in [1.29, 1.82) is 0 Å². The molecule has 0 aliphatic rings. The molecule has 8 heteroatoms. The van der Waals surface area contributed by atoms with Crippen molar-refractivity contribution in [3.05, 3.63) is 46.1 Å². The van der Waals surface area contributed by atoms with Gasteiger partial charge in [-0.2, -0.15) is 0 Å². The van der Waals surface area contributed by atoms with Gasteiger partial charge in [0.1, 0.15) is 16.5 Å². The Kier molecular flexibility index (Phi) is 4.17. The van der Waals surface area contributed by atoms with Crippen LogP contribution in [0.3, 0.4) is 0 Å². The van der Waals surface area contributed by atoms with E-state index in [4.69, 9.17) is 10.2 Å². The summed E-state index contributed by atoms with van der Waals surface area (Å²) in [5.74, 6) is -0.161. The minimum atomic E-state index is -3.88. The third-order valence-corrected chi connectivity index (χ3v) is 4.86. The van der Waals surface area contributed by atoms with Crippen LogP contribution in [0.15, 0.2) is 38.2 Å². The Morgan fingerprint density at radius 3 is 2.65 bits per heavy atom. The number of aryl methyl sites for hydroxylation is 1. The first kappa shape index (κ1) is 15.0. The van der Waals surface area contributed by atoms with Crippen molar-refractivity contribution >= 4 is 31.6 Å². The van der Waals surface area contributed by atoms with Crippen molar-refractivity contribution in [3.8, 4) is 0 Å². The van der Waals surface area contributed by atoms with Crippen molar-refractivity contribution in [3.63, 3.8) is 0 Å². The number of anilines is 1. The van der Waals surface area contributed by atoms with Gasteiger partial charge in [-0.25, -0.2) is 12.8 Å². The first-order chi connectivity index (χ1) is 9.33. The smallest absolute Gasteiger partial charge is 0.266 e. The molecule has 1 aromatic carbocycles. The Labute approximate surface area is 124 Å². The summed E-state index contributed by atoms with van der Waals surface area (Å²) < 4.78 is 45.2. The van der Waals surface area contributed by atoms with E-state index in [0.29, 0.717) is 11.3 Å². The fraction of sp³-hybridized carbons (Fsp3) is 0.167. The van der Waals surface area contributed by atoms with Gasteiger partial charge in [-0.1, -0.05) is 6.07 Å². The number of benzene rings is 1. The Bertz CT molecular complexity index is 743. The summed E-state index contributed by atoms with van der Waals surface area (Å²) in [6.45, 7) is 1.67. The first-order valence-electron chi connectivity index (χ1n) is 5.60. The minimum absolute atomic E-state index is 0.0537. The maximum Gasteiger partial charge on any atom is 0.266 e. The van der Waals surface area contributed by atoms with Crippen LogP contribution in [0.2, 0.25) is 0 Å². The summed E-state index contributed by atoms with van der Waals surface area (Å²) in [4.78, 5) is -0.0843. The van der Waals surface area contributed by atoms with Gasteiger partial charge in [0, 0.05) is 6.07 Å². The quantitative estimate of drug-likeness (QED) is 0.875. The summed E-state index contributed by atoms with van der Waals surface area (Å²) in [5.41, 5.74) is 5.95. The summed E-state index contributed by atoms with van der Waals surface area (Å²) >= 11 is 3.02. The van der Waals surface area contributed by atoms with Gasteiger partial charge < -0.3 is 10.2 Å². The molecule has 0 atom stereocenters. The van der Waals surface area contributed by atoms with Gasteiger partial charge in [-0.05, 0) is 40.5 Å². The lowest BCUT2D eigenvalue weighted by Crippen LogP contribution is -2.13. The van der Waals surface area contributed by atoms with E-state index in [1.54, 1.807) is 6.92 Å². The maximum absolute atomic E-state index is 13.4. The zero-order valence-electron chi connectivity index (χ0n) is 10.5. The highest BCUT2D eigenvalue weighted by Gasteiger charge is 2.22. The summed E-state index contributed by atoms with van der Waals surface area (Å²) in [5, 5.41) is 0. The molecule has 0 saturated heterocycles. The van der Waals surface area contributed by atoms with Crippen molar-refractivity contribution < 1.29 is 17.2 Å². The van der Waals surface area contributed by atoms with E-state index >= 15 is 0 Å². The molecule has 0 spiro atoms. The monoisotopic (exact) mass is 362 g/mol. The number of sulfonamides is 1. The number of halogens is 2. The molecule has 1 heterocycles. The number of hydrogen-bond donors (Lipinski definition) is 2. The van der Waals surface area contributed by atoms with E-state index in [9.17, 15) is 12.8 Å². The maximum atomic E-state index is 13.4. The Balaban J connectivity index is 2.35. The van der Waals surface area contributed by atoms with Gasteiger partial charge in [0.05, 0.1) is 12.2 Å². The highest BCUT2D eigenvalue weighted by molar-refractivity contribution is 9.10. The second-order valence-electron chi connectivity index (χ2n) is 4.12. The van der Waals surface area contributed by atoms with Gasteiger partial charge in [0.25, 0.3) is 10.0 Å². The second kappa shape index (κ2) is 5.55. The lowest BCUT2D eigenvalue weighted by atomic mass is 10.2. The predicted octanol–water partition coefficient (Wildman–Crippen LogP) is 2.75. The van der Waals surface area contributed by atoms with E-state index in [1.165, 1.54) is 18.2 Å². The van der Waals surface area contributed by atoms with Crippen LogP contribution in [0.4, 0.5) is 10.1 Å². The molecule has 0 saturated carbocycles. The van der Waals surface area contributed by atoms with E-state index in [1.807, 2.05) is 0 Å². The van der Waals surface area contributed by atoms with Crippen LogP contribution in [-0.4, -0.2) is 8.42 Å². The van der Waals surface area contributed by atoms with Gasteiger partial charge >= 0.3 is 0 Å². The normalized spacial score (nSPS) is 11.6. The molecule has 3 N–H and O–H groups in total. The fourth-order valence-electron chi connectivity index (χ4n) is 1.55. The standard InChI is InChI=1S/C12H12BrFN2O3S/c1-7-2-3-8(4-10(7)14)16-20(17,18)11-5-9(6-15)19-12(11)13/h2-5,16H,6,15H2,1H3. The SMILES string of the molecule is Cc1ccc(NS(=O)(=O)c2cc(CN)oc2Br)cc1F. The van der Waals surface area contributed by atoms with Crippen molar-refractivity contribution in [2.45, 2.75) is 18.4 Å². The van der Waals surface area contributed by atoms with Gasteiger partial charge in [-0.15, -0.1) is 0 Å². The highest BCUT2D eigenvalue weighted by Crippen LogP contribution is 2.28. The second-order valence-corrected chi connectivity index (χ2v) is 6.50. The molecule has 0 bridgehead atoms. The summed E-state index contributed by atoms with van der Waals surface area (Å²) in [7, 11) is -3.88. The molecule has 20 heavy (non-hydrogen) atoms. The van der Waals surface area contributed by atoms with E-state index in [0.717, 1.165) is 6.07 Å². The van der Waals surface area contributed by atoms with Crippen LogP contribution in [0.5, 0.6) is 0 Å². The number of rotatable bonds is 4. The van der Waals surface area contributed by atoms with Crippen LogP contribution >= 0.6 is 15.9 Å². The molecular weight excluding hydrogens is 351 g/mol. The molecule has 2 rings (SSSR count). The molecule has 0 unspecified atom stereocenters. The minimum Gasteiger partial charge on any atom is -0.452 e. The number of nitrogens with two attached hydrogens (primary N) is 1.